The van der Waals surface area contributed by atoms with Crippen molar-refractivity contribution in [3.63, 3.8) is 0 Å². The number of para-hydroxylation sites is 3. The molecule has 392 valence electrons. The normalized spacial score (nSPS) is 17.6. The van der Waals surface area contributed by atoms with Crippen molar-refractivity contribution in [2.75, 3.05) is 14.7 Å². The summed E-state index contributed by atoms with van der Waals surface area (Å²) < 4.78 is 2.35. The number of allylic oxidation sites excluding steroid dienone is 13. The molecule has 84 heavy (non-hydrogen) atoms. The summed E-state index contributed by atoms with van der Waals surface area (Å²) >= 11 is 0. The Morgan fingerprint density at radius 3 is 2.01 bits per heavy atom. The summed E-state index contributed by atoms with van der Waals surface area (Å²) in [6.45, 7) is 0. The van der Waals surface area contributed by atoms with Gasteiger partial charge < -0.3 is 19.3 Å². The van der Waals surface area contributed by atoms with Crippen LogP contribution < -0.4 is 14.7 Å². The Morgan fingerprint density at radius 1 is 0.500 bits per heavy atom. The third kappa shape index (κ3) is 7.85. The molecule has 0 fully saturated rings. The van der Waals surface area contributed by atoms with E-state index in [9.17, 15) is 15.8 Å². The SMILES string of the molecule is N#CC1=CC2=CC=CC3=CC(N(c4ccc(-c5ccc(N(C6=CC7c8ccccc8N(c8ccc(C#N)cc8)C7C=C6)c6cc7c8c(cc(C#N)cc8c6)CC=C7)cc5)cc4)c4ccc5c(c4)c4ccccc4n5-c4ccccc4)=CC(=C1)C23. The van der Waals surface area contributed by atoms with Gasteiger partial charge >= 0.3 is 0 Å². The number of nitriles is 3. The summed E-state index contributed by atoms with van der Waals surface area (Å²) in [6.07, 6.45) is 27.3. The lowest BCUT2D eigenvalue weighted by Crippen LogP contribution is -2.30. The van der Waals surface area contributed by atoms with Gasteiger partial charge in [0.1, 0.15) is 0 Å². The van der Waals surface area contributed by atoms with E-state index >= 15 is 0 Å². The lowest BCUT2D eigenvalue weighted by atomic mass is 9.74. The molecule has 5 aliphatic carbocycles. The van der Waals surface area contributed by atoms with Crippen LogP contribution in [0.1, 0.15) is 33.7 Å². The molecule has 1 aliphatic heterocycles. The van der Waals surface area contributed by atoms with E-state index in [1.165, 1.54) is 27.5 Å². The third-order valence-corrected chi connectivity index (χ3v) is 17.5. The molecule has 0 spiro atoms. The molecule has 7 nitrogen and oxygen atoms in total. The highest BCUT2D eigenvalue weighted by atomic mass is 15.2. The number of hydrogen-bond donors (Lipinski definition) is 0. The third-order valence-electron chi connectivity index (χ3n) is 17.5. The maximum absolute atomic E-state index is 10.2. The van der Waals surface area contributed by atoms with Crippen LogP contribution >= 0.6 is 0 Å². The van der Waals surface area contributed by atoms with E-state index in [0.29, 0.717) is 16.7 Å². The number of hydrogen-bond acceptors (Lipinski definition) is 6. The lowest BCUT2D eigenvalue weighted by molar-refractivity contribution is 0.736. The molecule has 6 aliphatic rings. The summed E-state index contributed by atoms with van der Waals surface area (Å²) in [5.74, 6) is 0.123. The van der Waals surface area contributed by atoms with E-state index < -0.39 is 0 Å². The topological polar surface area (TPSA) is 86.0 Å². The van der Waals surface area contributed by atoms with Gasteiger partial charge in [0.15, 0.2) is 0 Å². The number of fused-ring (bicyclic) bond motifs is 6. The van der Waals surface area contributed by atoms with Crippen LogP contribution in [0, 0.1) is 39.9 Å². The fourth-order valence-electron chi connectivity index (χ4n) is 13.9. The zero-order valence-corrected chi connectivity index (χ0v) is 45.5. The van der Waals surface area contributed by atoms with Crippen molar-refractivity contribution in [1.29, 1.82) is 15.8 Å². The summed E-state index contributed by atoms with van der Waals surface area (Å²) in [5, 5.41) is 34.6. The van der Waals surface area contributed by atoms with Crippen molar-refractivity contribution in [3.05, 3.63) is 322 Å². The Kier molecular flexibility index (Phi) is 11.2. The van der Waals surface area contributed by atoms with Gasteiger partial charge in [0.05, 0.1) is 52.0 Å². The summed E-state index contributed by atoms with van der Waals surface area (Å²) in [4.78, 5) is 7.12. The zero-order chi connectivity index (χ0) is 56.0. The van der Waals surface area contributed by atoms with Gasteiger partial charge in [-0.25, -0.2) is 0 Å². The Bertz CT molecular complexity index is 4900. The van der Waals surface area contributed by atoms with Gasteiger partial charge in [-0.05, 0) is 207 Å². The van der Waals surface area contributed by atoms with Crippen LogP contribution in [0.2, 0.25) is 0 Å². The molecular formula is C77H49N7. The van der Waals surface area contributed by atoms with Gasteiger partial charge in [0.25, 0.3) is 0 Å². The summed E-state index contributed by atoms with van der Waals surface area (Å²) in [6, 6.07) is 76.1. The molecule has 2 heterocycles. The van der Waals surface area contributed by atoms with Crippen LogP contribution in [0.25, 0.3) is 55.5 Å². The standard InChI is InChI=1S/C77H49N7/c78-46-49-20-26-63(27-21-49)84-73-19-7-5-17-69(73)71-45-65(33-35-75(71)84)82(67-41-57-13-9-11-55-37-51(48-80)39-59(43-67)77(55)57)62-30-24-53(25-31-62)52-22-28-61(29-23-52)81(66-40-56-12-8-10-54-36-50(47-79)38-58(42-66)76(54)56)64-32-34-74-70(44-64)68-16-4-6-18-72(68)83(74)60-14-2-1-3-15-60/h1-10,12-45,71,75-76H,11H2. The molecule has 7 heteroatoms. The Morgan fingerprint density at radius 2 is 1.23 bits per heavy atom. The second-order valence-electron chi connectivity index (χ2n) is 22.2. The Balaban J connectivity index is 0.795. The van der Waals surface area contributed by atoms with Crippen LogP contribution in [-0.2, 0) is 6.42 Å². The second kappa shape index (κ2) is 19.4. The van der Waals surface area contributed by atoms with Gasteiger partial charge in [-0.2, -0.15) is 15.8 Å². The monoisotopic (exact) mass is 1070 g/mol. The van der Waals surface area contributed by atoms with Crippen LogP contribution in [0.3, 0.4) is 0 Å². The molecule has 0 N–H and O–H groups in total. The molecule has 0 saturated heterocycles. The highest BCUT2D eigenvalue weighted by Gasteiger charge is 2.39. The predicted octanol–water partition coefficient (Wildman–Crippen LogP) is 18.3. The first-order chi connectivity index (χ1) is 41.5. The van der Waals surface area contributed by atoms with Crippen LogP contribution in [0.4, 0.5) is 34.1 Å². The molecule has 0 amide bonds. The van der Waals surface area contributed by atoms with Crippen molar-refractivity contribution in [2.24, 2.45) is 5.92 Å². The van der Waals surface area contributed by atoms with Crippen LogP contribution in [-0.4, -0.2) is 10.6 Å². The molecule has 0 radical (unpaired) electrons. The highest BCUT2D eigenvalue weighted by molar-refractivity contribution is 6.10. The second-order valence-corrected chi connectivity index (χ2v) is 22.2. The Hall–Kier alpha value is -11.4. The molecule has 0 saturated carbocycles. The van der Waals surface area contributed by atoms with Gasteiger partial charge in [-0.15, -0.1) is 0 Å². The number of rotatable bonds is 9. The highest BCUT2D eigenvalue weighted by Crippen LogP contribution is 2.51. The summed E-state index contributed by atoms with van der Waals surface area (Å²) in [5.41, 5.74) is 22.8. The maximum atomic E-state index is 10.2. The van der Waals surface area contributed by atoms with Crippen molar-refractivity contribution in [2.45, 2.75) is 18.4 Å². The van der Waals surface area contributed by atoms with Gasteiger partial charge in [-0.1, -0.05) is 121 Å². The molecule has 9 aromatic carbocycles. The fraction of sp³-hybridized carbons (Fsp3) is 0.0519. The molecule has 10 aromatic rings. The summed E-state index contributed by atoms with van der Waals surface area (Å²) in [7, 11) is 0. The largest absolute Gasteiger partial charge is 0.333 e. The first kappa shape index (κ1) is 48.5. The maximum Gasteiger partial charge on any atom is 0.0991 e. The number of anilines is 6. The molecule has 1 aromatic heterocycles. The van der Waals surface area contributed by atoms with Crippen LogP contribution in [0.15, 0.2) is 295 Å². The quantitative estimate of drug-likeness (QED) is 0.143. The van der Waals surface area contributed by atoms with Gasteiger partial charge in [-0.3, -0.25) is 0 Å². The van der Waals surface area contributed by atoms with Crippen molar-refractivity contribution in [1.82, 2.24) is 4.57 Å². The predicted molar refractivity (Wildman–Crippen MR) is 340 cm³/mol. The van der Waals surface area contributed by atoms with E-state index in [-0.39, 0.29) is 17.9 Å². The molecule has 3 unspecified atom stereocenters. The van der Waals surface area contributed by atoms with Gasteiger partial charge in [0, 0.05) is 73.8 Å². The Labute approximate surface area is 487 Å². The molecule has 3 atom stereocenters. The van der Waals surface area contributed by atoms with Crippen LogP contribution in [0.5, 0.6) is 0 Å². The molecule has 0 bridgehead atoms. The average Bonchev–Trinajstić information content (AvgIpc) is 1.89. The zero-order valence-electron chi connectivity index (χ0n) is 45.5. The van der Waals surface area contributed by atoms with E-state index in [1.54, 1.807) is 0 Å². The smallest absolute Gasteiger partial charge is 0.0991 e. The van der Waals surface area contributed by atoms with Crippen molar-refractivity contribution >= 4 is 72.8 Å². The first-order valence-corrected chi connectivity index (χ1v) is 28.5. The average molecular weight is 1070 g/mol. The van der Waals surface area contributed by atoms with E-state index in [1.807, 2.05) is 48.6 Å². The van der Waals surface area contributed by atoms with E-state index in [4.69, 9.17) is 0 Å². The van der Waals surface area contributed by atoms with E-state index in [2.05, 4.69) is 256 Å². The molecule has 16 rings (SSSR count). The van der Waals surface area contributed by atoms with Crippen molar-refractivity contribution in [3.8, 4) is 35.0 Å². The number of benzene rings is 9. The number of aromatic nitrogens is 1. The first-order valence-electron chi connectivity index (χ1n) is 28.5. The minimum Gasteiger partial charge on any atom is -0.333 e. The minimum absolute atomic E-state index is 0.0306. The van der Waals surface area contributed by atoms with Crippen molar-refractivity contribution < 1.29 is 0 Å². The van der Waals surface area contributed by atoms with E-state index in [0.717, 1.165) is 107 Å². The minimum atomic E-state index is 0.0306. The fourth-order valence-corrected chi connectivity index (χ4v) is 13.9. The lowest BCUT2D eigenvalue weighted by Gasteiger charge is -2.35. The number of nitrogens with zero attached hydrogens (tertiary/aromatic N) is 7. The van der Waals surface area contributed by atoms with Gasteiger partial charge in [0.2, 0.25) is 0 Å². The molecular weight excluding hydrogens is 1020 g/mol.